The van der Waals surface area contributed by atoms with E-state index in [0.29, 0.717) is 5.56 Å². The number of ether oxygens (including phenoxy) is 2. The molecule has 1 aromatic rings. The van der Waals surface area contributed by atoms with Crippen molar-refractivity contribution >= 4 is 11.9 Å². The summed E-state index contributed by atoms with van der Waals surface area (Å²) < 4.78 is 9.87. The lowest BCUT2D eigenvalue weighted by molar-refractivity contribution is -0.286. The Morgan fingerprint density at radius 2 is 1.70 bits per heavy atom. The van der Waals surface area contributed by atoms with Gasteiger partial charge in [0, 0.05) is 0 Å². The SMILES string of the molecule is CC(C(=O)OC1OC(C(=O)O)C(O)C(O)C1O)c1ccccc1. The molecule has 6 unspecified atom stereocenters. The van der Waals surface area contributed by atoms with Crippen molar-refractivity contribution in [2.45, 2.75) is 43.5 Å². The van der Waals surface area contributed by atoms with Crippen LogP contribution in [-0.2, 0) is 19.1 Å². The number of carboxylic acids is 1. The number of aliphatic hydroxyl groups is 3. The quantitative estimate of drug-likeness (QED) is 0.530. The summed E-state index contributed by atoms with van der Waals surface area (Å²) >= 11 is 0. The van der Waals surface area contributed by atoms with E-state index in [1.807, 2.05) is 0 Å². The van der Waals surface area contributed by atoms with Crippen molar-refractivity contribution in [1.29, 1.82) is 0 Å². The highest BCUT2D eigenvalue weighted by Crippen LogP contribution is 2.25. The van der Waals surface area contributed by atoms with Crippen LogP contribution in [0.15, 0.2) is 30.3 Å². The Bertz CT molecular complexity index is 560. The first kappa shape index (κ1) is 17.4. The lowest BCUT2D eigenvalue weighted by Gasteiger charge is -2.38. The second-order valence-electron chi connectivity index (χ2n) is 5.30. The zero-order chi connectivity index (χ0) is 17.1. The van der Waals surface area contributed by atoms with Crippen LogP contribution in [0.25, 0.3) is 0 Å². The predicted octanol–water partition coefficient (Wildman–Crippen LogP) is -0.774. The molecule has 6 atom stereocenters. The van der Waals surface area contributed by atoms with Crippen molar-refractivity contribution in [3.63, 3.8) is 0 Å². The van der Waals surface area contributed by atoms with Gasteiger partial charge in [-0.1, -0.05) is 30.3 Å². The number of rotatable bonds is 4. The third kappa shape index (κ3) is 3.67. The molecule has 0 bridgehead atoms. The van der Waals surface area contributed by atoms with E-state index < -0.39 is 48.6 Å². The van der Waals surface area contributed by atoms with Crippen LogP contribution >= 0.6 is 0 Å². The molecule has 1 heterocycles. The van der Waals surface area contributed by atoms with Crippen molar-refractivity contribution in [2.75, 3.05) is 0 Å². The minimum Gasteiger partial charge on any atom is -0.479 e. The molecule has 1 saturated heterocycles. The third-order valence-electron chi connectivity index (χ3n) is 3.70. The van der Waals surface area contributed by atoms with Crippen molar-refractivity contribution in [3.8, 4) is 0 Å². The summed E-state index contributed by atoms with van der Waals surface area (Å²) in [5.41, 5.74) is 0.665. The van der Waals surface area contributed by atoms with Gasteiger partial charge >= 0.3 is 11.9 Å². The number of hydrogen-bond donors (Lipinski definition) is 4. The van der Waals surface area contributed by atoms with Gasteiger partial charge in [-0.2, -0.15) is 0 Å². The Morgan fingerprint density at radius 1 is 1.09 bits per heavy atom. The lowest BCUT2D eigenvalue weighted by Crippen LogP contribution is -2.60. The molecule has 23 heavy (non-hydrogen) atoms. The number of aliphatic carboxylic acids is 1. The average molecular weight is 326 g/mol. The normalized spacial score (nSPS) is 32.1. The van der Waals surface area contributed by atoms with Crippen LogP contribution in [0.2, 0.25) is 0 Å². The smallest absolute Gasteiger partial charge is 0.335 e. The molecule has 0 aromatic heterocycles. The van der Waals surface area contributed by atoms with Gasteiger partial charge in [0.25, 0.3) is 0 Å². The Hall–Kier alpha value is -2.00. The van der Waals surface area contributed by atoms with Crippen LogP contribution in [0.1, 0.15) is 18.4 Å². The summed E-state index contributed by atoms with van der Waals surface area (Å²) in [5.74, 6) is -2.98. The summed E-state index contributed by atoms with van der Waals surface area (Å²) in [4.78, 5) is 23.1. The van der Waals surface area contributed by atoms with Crippen molar-refractivity contribution in [1.82, 2.24) is 0 Å². The van der Waals surface area contributed by atoms with E-state index in [1.54, 1.807) is 37.3 Å². The molecule has 4 N–H and O–H groups in total. The fourth-order valence-corrected chi connectivity index (χ4v) is 2.24. The molecule has 1 aliphatic heterocycles. The van der Waals surface area contributed by atoms with Crippen LogP contribution in [0.4, 0.5) is 0 Å². The van der Waals surface area contributed by atoms with Gasteiger partial charge in [0.15, 0.2) is 6.10 Å². The maximum Gasteiger partial charge on any atom is 0.335 e. The molecular weight excluding hydrogens is 308 g/mol. The van der Waals surface area contributed by atoms with Gasteiger partial charge in [0.2, 0.25) is 6.29 Å². The minimum absolute atomic E-state index is 0.665. The molecule has 0 aliphatic carbocycles. The molecule has 0 radical (unpaired) electrons. The molecule has 0 amide bonds. The topological polar surface area (TPSA) is 134 Å². The van der Waals surface area contributed by atoms with Crippen molar-refractivity contribution in [3.05, 3.63) is 35.9 Å². The Morgan fingerprint density at radius 3 is 2.26 bits per heavy atom. The largest absolute Gasteiger partial charge is 0.479 e. The predicted molar refractivity (Wildman–Crippen MR) is 75.3 cm³/mol. The Kier molecular flexibility index (Phi) is 5.32. The van der Waals surface area contributed by atoms with Gasteiger partial charge in [-0.3, -0.25) is 4.79 Å². The maximum absolute atomic E-state index is 12.1. The summed E-state index contributed by atoms with van der Waals surface area (Å²) in [6.45, 7) is 1.58. The van der Waals surface area contributed by atoms with Gasteiger partial charge in [0.1, 0.15) is 18.3 Å². The summed E-state index contributed by atoms with van der Waals surface area (Å²) in [5, 5.41) is 38.0. The van der Waals surface area contributed by atoms with Crippen LogP contribution in [0.5, 0.6) is 0 Å². The number of carboxylic acid groups (broad SMARTS) is 1. The summed E-state index contributed by atoms with van der Waals surface area (Å²) in [6.07, 6.45) is -8.89. The van der Waals surface area contributed by atoms with E-state index in [0.717, 1.165) is 0 Å². The Labute approximate surface area is 131 Å². The van der Waals surface area contributed by atoms with Gasteiger partial charge in [-0.15, -0.1) is 0 Å². The lowest BCUT2D eigenvalue weighted by atomic mass is 9.98. The maximum atomic E-state index is 12.1. The first-order valence-electron chi connectivity index (χ1n) is 7.01. The second kappa shape index (κ2) is 7.05. The van der Waals surface area contributed by atoms with Crippen LogP contribution < -0.4 is 0 Å². The first-order chi connectivity index (χ1) is 10.8. The molecule has 2 rings (SSSR count). The van der Waals surface area contributed by atoms with Gasteiger partial charge in [0.05, 0.1) is 5.92 Å². The number of carbonyl (C=O) groups is 2. The van der Waals surface area contributed by atoms with E-state index in [-0.39, 0.29) is 0 Å². The number of hydrogen-bond acceptors (Lipinski definition) is 7. The zero-order valence-corrected chi connectivity index (χ0v) is 12.3. The molecule has 1 aromatic carbocycles. The van der Waals surface area contributed by atoms with E-state index in [1.165, 1.54) is 0 Å². The van der Waals surface area contributed by atoms with Crippen molar-refractivity contribution < 1.29 is 39.5 Å². The molecule has 0 saturated carbocycles. The highest BCUT2D eigenvalue weighted by Gasteiger charge is 2.48. The first-order valence-corrected chi connectivity index (χ1v) is 7.01. The second-order valence-corrected chi connectivity index (χ2v) is 5.30. The number of carbonyl (C=O) groups excluding carboxylic acids is 1. The summed E-state index contributed by atoms with van der Waals surface area (Å²) in [7, 11) is 0. The number of esters is 1. The molecule has 0 spiro atoms. The van der Waals surface area contributed by atoms with E-state index in [9.17, 15) is 24.9 Å². The fourth-order valence-electron chi connectivity index (χ4n) is 2.24. The standard InChI is InChI=1S/C15H18O8/c1-7(8-5-3-2-4-6-8)14(21)23-15-11(18)9(16)10(17)12(22-15)13(19)20/h2-7,9-12,15-18H,1H3,(H,19,20). The molecule has 8 nitrogen and oxygen atoms in total. The number of aliphatic hydroxyl groups excluding tert-OH is 3. The van der Waals surface area contributed by atoms with E-state index >= 15 is 0 Å². The van der Waals surface area contributed by atoms with E-state index in [2.05, 4.69) is 0 Å². The monoisotopic (exact) mass is 326 g/mol. The molecule has 1 aliphatic rings. The van der Waals surface area contributed by atoms with Crippen LogP contribution in [0, 0.1) is 0 Å². The number of benzene rings is 1. The molecular formula is C15H18O8. The Balaban J connectivity index is 2.08. The highest BCUT2D eigenvalue weighted by atomic mass is 16.7. The minimum atomic E-state index is -1.83. The molecule has 126 valence electrons. The van der Waals surface area contributed by atoms with Crippen molar-refractivity contribution in [2.24, 2.45) is 0 Å². The third-order valence-corrected chi connectivity index (χ3v) is 3.70. The molecule has 8 heteroatoms. The zero-order valence-electron chi connectivity index (χ0n) is 12.3. The van der Waals surface area contributed by atoms with Gasteiger partial charge in [-0.05, 0) is 12.5 Å². The van der Waals surface area contributed by atoms with Gasteiger partial charge < -0.3 is 29.9 Å². The average Bonchev–Trinajstić information content (AvgIpc) is 2.55. The summed E-state index contributed by atoms with van der Waals surface area (Å²) in [6, 6.07) is 8.69. The van der Waals surface area contributed by atoms with Crippen LogP contribution in [0.3, 0.4) is 0 Å². The molecule has 1 fully saturated rings. The van der Waals surface area contributed by atoms with Gasteiger partial charge in [-0.25, -0.2) is 4.79 Å². The highest BCUT2D eigenvalue weighted by molar-refractivity contribution is 5.78. The van der Waals surface area contributed by atoms with Crippen LogP contribution in [-0.4, -0.2) is 63.1 Å². The fraction of sp³-hybridized carbons (Fsp3) is 0.467. The van der Waals surface area contributed by atoms with E-state index in [4.69, 9.17) is 14.6 Å².